The summed E-state index contributed by atoms with van der Waals surface area (Å²) in [4.78, 5) is 24.1. The van der Waals surface area contributed by atoms with Crippen LogP contribution in [0.4, 0.5) is 0 Å². The molecule has 0 saturated carbocycles. The number of nitrogens with zero attached hydrogens (tertiary/aromatic N) is 2. The third-order valence-corrected chi connectivity index (χ3v) is 3.94. The zero-order chi connectivity index (χ0) is 18.9. The molecule has 1 aliphatic heterocycles. The lowest BCUT2D eigenvalue weighted by atomic mass is 10.1. The van der Waals surface area contributed by atoms with E-state index in [1.165, 1.54) is 11.6 Å². The first-order valence-electron chi connectivity index (χ1n) is 8.71. The van der Waals surface area contributed by atoms with Crippen molar-refractivity contribution in [2.24, 2.45) is 0 Å². The summed E-state index contributed by atoms with van der Waals surface area (Å²) >= 11 is 0. The second-order valence-electron chi connectivity index (χ2n) is 7.43. The molecule has 1 atom stereocenters. The fourth-order valence-corrected chi connectivity index (χ4v) is 2.91. The van der Waals surface area contributed by atoms with Gasteiger partial charge in [-0.05, 0) is 39.0 Å². The maximum Gasteiger partial charge on any atom is 0.328 e. The van der Waals surface area contributed by atoms with E-state index in [2.05, 4.69) is 5.10 Å². The maximum atomic E-state index is 12.1. The molecule has 3 rings (SSSR count). The van der Waals surface area contributed by atoms with Gasteiger partial charge in [0.25, 0.3) is 0 Å². The van der Waals surface area contributed by atoms with Gasteiger partial charge >= 0.3 is 5.97 Å². The van der Waals surface area contributed by atoms with Crippen LogP contribution in [0.15, 0.2) is 18.2 Å². The van der Waals surface area contributed by atoms with Gasteiger partial charge in [0.05, 0.1) is 18.7 Å². The van der Waals surface area contributed by atoms with Gasteiger partial charge in [0.15, 0.2) is 5.78 Å². The van der Waals surface area contributed by atoms with Crippen molar-refractivity contribution in [2.75, 3.05) is 13.2 Å². The number of esters is 1. The molecule has 7 nitrogen and oxygen atoms in total. The van der Waals surface area contributed by atoms with Crippen LogP contribution in [0.25, 0.3) is 10.9 Å². The zero-order valence-corrected chi connectivity index (χ0v) is 15.6. The summed E-state index contributed by atoms with van der Waals surface area (Å²) in [5.74, 6) is 0.0899. The summed E-state index contributed by atoms with van der Waals surface area (Å²) in [7, 11) is 0. The molecule has 2 heterocycles. The quantitative estimate of drug-likeness (QED) is 0.602. The number of rotatable bonds is 5. The molecule has 0 aliphatic carbocycles. The van der Waals surface area contributed by atoms with Crippen molar-refractivity contribution in [2.45, 2.75) is 52.4 Å². The Labute approximate surface area is 152 Å². The van der Waals surface area contributed by atoms with Gasteiger partial charge in [0, 0.05) is 18.7 Å². The lowest BCUT2D eigenvalue weighted by molar-refractivity contribution is -0.155. The van der Waals surface area contributed by atoms with Crippen molar-refractivity contribution in [1.82, 2.24) is 9.78 Å². The highest BCUT2D eigenvalue weighted by Crippen LogP contribution is 2.26. The molecule has 0 spiro atoms. The standard InChI is InChI=1S/C19H24N2O5/c1-12(22)18-15-9-13(25-14-7-8-24-11-14)5-6-16(15)21(20-18)10-17(23)26-19(2,3)4/h5-6,9,14H,7-8,10-11H2,1-4H3. The molecule has 26 heavy (non-hydrogen) atoms. The zero-order valence-electron chi connectivity index (χ0n) is 15.6. The summed E-state index contributed by atoms with van der Waals surface area (Å²) in [6.07, 6.45) is 0.861. The van der Waals surface area contributed by atoms with Crippen LogP contribution in [0.5, 0.6) is 5.75 Å². The van der Waals surface area contributed by atoms with E-state index in [9.17, 15) is 9.59 Å². The molecule has 0 amide bonds. The number of ketones is 1. The molecular weight excluding hydrogens is 336 g/mol. The number of aromatic nitrogens is 2. The number of carbonyl (C=O) groups excluding carboxylic acids is 2. The molecule has 1 aromatic carbocycles. The maximum absolute atomic E-state index is 12.1. The third kappa shape index (κ3) is 4.22. The molecule has 0 bridgehead atoms. The predicted octanol–water partition coefficient (Wildman–Crippen LogP) is 2.75. The SMILES string of the molecule is CC(=O)c1nn(CC(=O)OC(C)(C)C)c2ccc(OC3CCOC3)cc12. The van der Waals surface area contributed by atoms with Crippen molar-refractivity contribution in [3.63, 3.8) is 0 Å². The number of ether oxygens (including phenoxy) is 3. The van der Waals surface area contributed by atoms with Crippen molar-refractivity contribution >= 4 is 22.7 Å². The molecule has 0 N–H and O–H groups in total. The van der Waals surface area contributed by atoms with Gasteiger partial charge in [-0.3, -0.25) is 14.3 Å². The minimum Gasteiger partial charge on any atom is -0.488 e. The minimum absolute atomic E-state index is 0.0186. The fourth-order valence-electron chi connectivity index (χ4n) is 2.91. The monoisotopic (exact) mass is 360 g/mol. The third-order valence-electron chi connectivity index (χ3n) is 3.94. The average Bonchev–Trinajstić information content (AvgIpc) is 3.13. The Morgan fingerprint density at radius 2 is 2.12 bits per heavy atom. The molecule has 1 unspecified atom stereocenters. The van der Waals surface area contributed by atoms with Crippen LogP contribution in [-0.2, 0) is 20.8 Å². The van der Waals surface area contributed by atoms with Crippen LogP contribution in [0.3, 0.4) is 0 Å². The van der Waals surface area contributed by atoms with Gasteiger partial charge in [-0.15, -0.1) is 0 Å². The Morgan fingerprint density at radius 3 is 2.73 bits per heavy atom. The summed E-state index contributed by atoms with van der Waals surface area (Å²) in [6, 6.07) is 5.42. The van der Waals surface area contributed by atoms with E-state index in [-0.39, 0.29) is 18.4 Å². The predicted molar refractivity (Wildman–Crippen MR) is 95.4 cm³/mol. The topological polar surface area (TPSA) is 79.7 Å². The van der Waals surface area contributed by atoms with E-state index in [4.69, 9.17) is 14.2 Å². The van der Waals surface area contributed by atoms with Gasteiger partial charge in [-0.2, -0.15) is 5.10 Å². The van der Waals surface area contributed by atoms with E-state index in [0.717, 1.165) is 6.42 Å². The molecule has 2 aromatic rings. The lowest BCUT2D eigenvalue weighted by Crippen LogP contribution is -2.26. The van der Waals surface area contributed by atoms with Crippen LogP contribution in [0, 0.1) is 0 Å². The highest BCUT2D eigenvalue weighted by molar-refractivity contribution is 6.05. The van der Waals surface area contributed by atoms with Gasteiger partial charge in [-0.1, -0.05) is 0 Å². The minimum atomic E-state index is -0.576. The summed E-state index contributed by atoms with van der Waals surface area (Å²) in [5, 5.41) is 4.98. The van der Waals surface area contributed by atoms with E-state index >= 15 is 0 Å². The summed E-state index contributed by atoms with van der Waals surface area (Å²) in [5.41, 5.74) is 0.432. The fraction of sp³-hybridized carbons (Fsp3) is 0.526. The van der Waals surface area contributed by atoms with Crippen LogP contribution in [0.1, 0.15) is 44.6 Å². The van der Waals surface area contributed by atoms with Crippen LogP contribution in [-0.4, -0.2) is 46.5 Å². The first kappa shape index (κ1) is 18.4. The molecule has 1 aliphatic rings. The van der Waals surface area contributed by atoms with Gasteiger partial charge in [-0.25, -0.2) is 0 Å². The molecule has 1 fully saturated rings. The van der Waals surface area contributed by atoms with Crippen molar-refractivity contribution in [3.05, 3.63) is 23.9 Å². The highest BCUT2D eigenvalue weighted by Gasteiger charge is 2.22. The smallest absolute Gasteiger partial charge is 0.328 e. The second kappa shape index (κ2) is 7.07. The van der Waals surface area contributed by atoms with E-state index in [1.807, 2.05) is 32.9 Å². The number of carbonyl (C=O) groups is 2. The molecule has 1 saturated heterocycles. The van der Waals surface area contributed by atoms with Crippen molar-refractivity contribution in [1.29, 1.82) is 0 Å². The van der Waals surface area contributed by atoms with Gasteiger partial charge in [0.1, 0.15) is 29.7 Å². The Hall–Kier alpha value is -2.41. The van der Waals surface area contributed by atoms with Gasteiger partial charge < -0.3 is 14.2 Å². The molecular formula is C19H24N2O5. The van der Waals surface area contributed by atoms with E-state index in [0.29, 0.717) is 35.6 Å². The van der Waals surface area contributed by atoms with Crippen molar-refractivity contribution < 1.29 is 23.8 Å². The summed E-state index contributed by atoms with van der Waals surface area (Å²) < 4.78 is 18.1. The van der Waals surface area contributed by atoms with Gasteiger partial charge in [0.2, 0.25) is 0 Å². The Kier molecular flexibility index (Phi) is 5.00. The van der Waals surface area contributed by atoms with E-state index < -0.39 is 11.6 Å². The first-order valence-corrected chi connectivity index (χ1v) is 8.71. The number of benzene rings is 1. The Balaban J connectivity index is 1.89. The molecule has 1 aromatic heterocycles. The summed E-state index contributed by atoms with van der Waals surface area (Å²) in [6.45, 7) is 8.08. The van der Waals surface area contributed by atoms with Crippen molar-refractivity contribution in [3.8, 4) is 5.75 Å². The molecule has 7 heteroatoms. The molecule has 140 valence electrons. The number of hydrogen-bond acceptors (Lipinski definition) is 6. The second-order valence-corrected chi connectivity index (χ2v) is 7.43. The number of Topliss-reactive ketones (excluding diaryl/α,β-unsaturated/α-hetero) is 1. The largest absolute Gasteiger partial charge is 0.488 e. The highest BCUT2D eigenvalue weighted by atomic mass is 16.6. The first-order chi connectivity index (χ1) is 12.2. The number of fused-ring (bicyclic) bond motifs is 1. The Bertz CT molecular complexity index is 828. The van der Waals surface area contributed by atoms with E-state index in [1.54, 1.807) is 6.07 Å². The van der Waals surface area contributed by atoms with Crippen LogP contribution >= 0.6 is 0 Å². The Morgan fingerprint density at radius 1 is 1.35 bits per heavy atom. The van der Waals surface area contributed by atoms with Crippen LogP contribution in [0.2, 0.25) is 0 Å². The lowest BCUT2D eigenvalue weighted by Gasteiger charge is -2.19. The average molecular weight is 360 g/mol. The van der Waals surface area contributed by atoms with Crippen LogP contribution < -0.4 is 4.74 Å². The molecule has 0 radical (unpaired) electrons. The normalized spacial score (nSPS) is 17.5. The number of hydrogen-bond donors (Lipinski definition) is 0.